The van der Waals surface area contributed by atoms with E-state index in [0.29, 0.717) is 0 Å². The van der Waals surface area contributed by atoms with E-state index in [0.717, 1.165) is 5.92 Å². The van der Waals surface area contributed by atoms with E-state index in [9.17, 15) is 0 Å². The van der Waals surface area contributed by atoms with E-state index < -0.39 is 0 Å². The molecule has 1 rings (SSSR count). The Labute approximate surface area is 76.4 Å². The summed E-state index contributed by atoms with van der Waals surface area (Å²) in [7, 11) is 0. The van der Waals surface area contributed by atoms with Crippen LogP contribution in [0.5, 0.6) is 0 Å². The zero-order valence-corrected chi connectivity index (χ0v) is 8.18. The number of allylic oxidation sites excluding steroid dienone is 3. The van der Waals surface area contributed by atoms with Crippen LogP contribution in [-0.2, 0) is 0 Å². The quantitative estimate of drug-likeness (QED) is 0.549. The number of hydrogen-bond donors (Lipinski definition) is 0. The topological polar surface area (TPSA) is 0 Å². The predicted molar refractivity (Wildman–Crippen MR) is 55.1 cm³/mol. The molecule has 0 N–H and O–H groups in total. The van der Waals surface area contributed by atoms with E-state index in [4.69, 9.17) is 0 Å². The molecule has 0 aromatic rings. The monoisotopic (exact) mass is 164 g/mol. The van der Waals surface area contributed by atoms with Crippen LogP contribution < -0.4 is 0 Å². The molecule has 0 heterocycles. The molecule has 0 amide bonds. The van der Waals surface area contributed by atoms with Crippen molar-refractivity contribution in [3.63, 3.8) is 0 Å². The normalized spacial score (nSPS) is 23.4. The third-order valence-electron chi connectivity index (χ3n) is 2.73. The minimum absolute atomic E-state index is 0.760. The van der Waals surface area contributed by atoms with Crippen LogP contribution in [0.4, 0.5) is 0 Å². The SMILES string of the molecule is C=CC1CC=C(CCCC)CC1. The van der Waals surface area contributed by atoms with Crippen LogP contribution in [0.25, 0.3) is 0 Å². The van der Waals surface area contributed by atoms with Crippen molar-refractivity contribution in [2.24, 2.45) is 5.92 Å². The summed E-state index contributed by atoms with van der Waals surface area (Å²) >= 11 is 0. The second-order valence-electron chi connectivity index (χ2n) is 3.74. The molecule has 0 nitrogen and oxygen atoms in total. The lowest BCUT2D eigenvalue weighted by atomic mass is 9.88. The van der Waals surface area contributed by atoms with Gasteiger partial charge >= 0.3 is 0 Å². The average Bonchev–Trinajstić information content (AvgIpc) is 2.15. The van der Waals surface area contributed by atoms with E-state index in [2.05, 4.69) is 25.7 Å². The highest BCUT2D eigenvalue weighted by molar-refractivity contribution is 5.08. The highest BCUT2D eigenvalue weighted by Gasteiger charge is 2.10. The summed E-state index contributed by atoms with van der Waals surface area (Å²) in [5, 5.41) is 0. The summed E-state index contributed by atoms with van der Waals surface area (Å²) in [6.07, 6.45) is 12.4. The molecule has 1 unspecified atom stereocenters. The van der Waals surface area contributed by atoms with Crippen LogP contribution in [0.1, 0.15) is 45.4 Å². The first-order chi connectivity index (χ1) is 5.86. The maximum absolute atomic E-state index is 3.84. The van der Waals surface area contributed by atoms with Crippen molar-refractivity contribution in [3.05, 3.63) is 24.3 Å². The van der Waals surface area contributed by atoms with Crippen LogP contribution >= 0.6 is 0 Å². The highest BCUT2D eigenvalue weighted by Crippen LogP contribution is 2.26. The van der Waals surface area contributed by atoms with E-state index in [-0.39, 0.29) is 0 Å². The molecule has 0 aliphatic heterocycles. The Balaban J connectivity index is 2.29. The molecule has 0 radical (unpaired) electrons. The Bertz CT molecular complexity index is 165. The van der Waals surface area contributed by atoms with Gasteiger partial charge in [-0.05, 0) is 38.0 Å². The number of hydrogen-bond acceptors (Lipinski definition) is 0. The van der Waals surface area contributed by atoms with Crippen molar-refractivity contribution in [1.29, 1.82) is 0 Å². The molecule has 0 bridgehead atoms. The maximum Gasteiger partial charge on any atom is -0.0198 e. The van der Waals surface area contributed by atoms with Gasteiger partial charge in [0, 0.05) is 0 Å². The zero-order valence-electron chi connectivity index (χ0n) is 8.18. The second-order valence-corrected chi connectivity index (χ2v) is 3.74. The van der Waals surface area contributed by atoms with Gasteiger partial charge in [-0.25, -0.2) is 0 Å². The van der Waals surface area contributed by atoms with E-state index >= 15 is 0 Å². The molecular formula is C12H20. The van der Waals surface area contributed by atoms with Crippen molar-refractivity contribution in [3.8, 4) is 0 Å². The van der Waals surface area contributed by atoms with E-state index in [1.165, 1.54) is 38.5 Å². The lowest BCUT2D eigenvalue weighted by molar-refractivity contribution is 0.552. The number of rotatable bonds is 4. The van der Waals surface area contributed by atoms with Crippen LogP contribution in [0.2, 0.25) is 0 Å². The van der Waals surface area contributed by atoms with Crippen molar-refractivity contribution < 1.29 is 0 Å². The summed E-state index contributed by atoms with van der Waals surface area (Å²) in [5.74, 6) is 0.760. The van der Waals surface area contributed by atoms with Gasteiger partial charge in [-0.15, -0.1) is 6.58 Å². The van der Waals surface area contributed by atoms with Gasteiger partial charge in [-0.1, -0.05) is 31.1 Å². The highest BCUT2D eigenvalue weighted by atomic mass is 14.2. The van der Waals surface area contributed by atoms with Crippen molar-refractivity contribution in [1.82, 2.24) is 0 Å². The van der Waals surface area contributed by atoms with Crippen LogP contribution in [0.3, 0.4) is 0 Å². The molecule has 0 aromatic heterocycles. The van der Waals surface area contributed by atoms with Crippen LogP contribution in [0, 0.1) is 5.92 Å². The first kappa shape index (κ1) is 9.57. The van der Waals surface area contributed by atoms with Gasteiger partial charge in [-0.2, -0.15) is 0 Å². The molecule has 0 aromatic carbocycles. The summed E-state index contributed by atoms with van der Waals surface area (Å²) in [4.78, 5) is 0. The van der Waals surface area contributed by atoms with E-state index in [1.54, 1.807) is 5.57 Å². The standard InChI is InChI=1S/C12H20/c1-3-5-6-12-9-7-11(4-2)8-10-12/h4,9,11H,2-3,5-8,10H2,1H3. The third-order valence-corrected chi connectivity index (χ3v) is 2.73. The van der Waals surface area contributed by atoms with Gasteiger partial charge in [0.15, 0.2) is 0 Å². The fourth-order valence-corrected chi connectivity index (χ4v) is 1.75. The van der Waals surface area contributed by atoms with Gasteiger partial charge in [0.05, 0.1) is 0 Å². The predicted octanol–water partition coefficient (Wildman–Crippen LogP) is 4.09. The minimum Gasteiger partial charge on any atom is -0.103 e. The molecule has 0 fully saturated rings. The van der Waals surface area contributed by atoms with Gasteiger partial charge in [0.25, 0.3) is 0 Å². The Kier molecular flexibility index (Phi) is 4.13. The van der Waals surface area contributed by atoms with Crippen molar-refractivity contribution >= 4 is 0 Å². The largest absolute Gasteiger partial charge is 0.103 e. The molecule has 68 valence electrons. The average molecular weight is 164 g/mol. The molecule has 0 heteroatoms. The van der Waals surface area contributed by atoms with Crippen molar-refractivity contribution in [2.45, 2.75) is 45.4 Å². The molecule has 1 aliphatic rings. The van der Waals surface area contributed by atoms with Gasteiger partial charge in [0.2, 0.25) is 0 Å². The van der Waals surface area contributed by atoms with E-state index in [1.807, 2.05) is 0 Å². The fourth-order valence-electron chi connectivity index (χ4n) is 1.75. The second kappa shape index (κ2) is 5.18. The lowest BCUT2D eigenvalue weighted by Crippen LogP contribution is -2.02. The van der Waals surface area contributed by atoms with Gasteiger partial charge in [-0.3, -0.25) is 0 Å². The molecule has 0 saturated carbocycles. The minimum atomic E-state index is 0.760. The Hall–Kier alpha value is -0.520. The molecule has 0 spiro atoms. The fraction of sp³-hybridized carbons (Fsp3) is 0.667. The summed E-state index contributed by atoms with van der Waals surface area (Å²) in [5.41, 5.74) is 1.69. The van der Waals surface area contributed by atoms with Gasteiger partial charge < -0.3 is 0 Å². The molecule has 1 atom stereocenters. The lowest BCUT2D eigenvalue weighted by Gasteiger charge is -2.18. The number of unbranched alkanes of at least 4 members (excludes halogenated alkanes) is 1. The molecule has 1 aliphatic carbocycles. The smallest absolute Gasteiger partial charge is 0.0198 e. The first-order valence-electron chi connectivity index (χ1n) is 5.17. The Morgan fingerprint density at radius 3 is 3.00 bits per heavy atom. The van der Waals surface area contributed by atoms with Crippen molar-refractivity contribution in [2.75, 3.05) is 0 Å². The molecule has 0 saturated heterocycles. The maximum atomic E-state index is 3.84. The molecular weight excluding hydrogens is 144 g/mol. The van der Waals surface area contributed by atoms with Gasteiger partial charge in [0.1, 0.15) is 0 Å². The van der Waals surface area contributed by atoms with Crippen LogP contribution in [-0.4, -0.2) is 0 Å². The molecule has 12 heavy (non-hydrogen) atoms. The summed E-state index contributed by atoms with van der Waals surface area (Å²) in [6.45, 7) is 6.10. The third kappa shape index (κ3) is 2.84. The Morgan fingerprint density at radius 1 is 1.67 bits per heavy atom. The summed E-state index contributed by atoms with van der Waals surface area (Å²) in [6, 6.07) is 0. The zero-order chi connectivity index (χ0) is 8.81. The van der Waals surface area contributed by atoms with Crippen LogP contribution in [0.15, 0.2) is 24.3 Å². The summed E-state index contributed by atoms with van der Waals surface area (Å²) < 4.78 is 0. The first-order valence-corrected chi connectivity index (χ1v) is 5.17. The Morgan fingerprint density at radius 2 is 2.50 bits per heavy atom.